The highest BCUT2D eigenvalue weighted by Gasteiger charge is 2.35. The summed E-state index contributed by atoms with van der Waals surface area (Å²) >= 11 is 3.74. The van der Waals surface area contributed by atoms with Crippen LogP contribution in [0.4, 0.5) is 0 Å². The van der Waals surface area contributed by atoms with Crippen molar-refractivity contribution in [3.63, 3.8) is 0 Å². The van der Waals surface area contributed by atoms with Crippen LogP contribution < -0.4 is 5.32 Å². The number of nitrogens with zero attached hydrogens (tertiary/aromatic N) is 1. The predicted octanol–water partition coefficient (Wildman–Crippen LogP) is 2.52. The van der Waals surface area contributed by atoms with Gasteiger partial charge < -0.3 is 5.32 Å². The SMILES string of the molecule is CSC1(CNCc2nccs2)CCC1. The monoisotopic (exact) mass is 228 g/mol. The minimum Gasteiger partial charge on any atom is -0.309 e. The lowest BCUT2D eigenvalue weighted by Gasteiger charge is -2.40. The fourth-order valence-corrected chi connectivity index (χ4v) is 3.29. The van der Waals surface area contributed by atoms with E-state index in [1.807, 2.05) is 23.3 Å². The summed E-state index contributed by atoms with van der Waals surface area (Å²) in [5.74, 6) is 0. The summed E-state index contributed by atoms with van der Waals surface area (Å²) in [4.78, 5) is 4.25. The molecule has 0 atom stereocenters. The van der Waals surface area contributed by atoms with E-state index in [1.165, 1.54) is 24.3 Å². The number of thioether (sulfide) groups is 1. The Kier molecular flexibility index (Phi) is 3.47. The molecule has 0 bridgehead atoms. The number of rotatable bonds is 5. The van der Waals surface area contributed by atoms with Crippen LogP contribution in [0.1, 0.15) is 24.3 Å². The van der Waals surface area contributed by atoms with E-state index >= 15 is 0 Å². The van der Waals surface area contributed by atoms with Gasteiger partial charge in [-0.1, -0.05) is 6.42 Å². The van der Waals surface area contributed by atoms with Crippen molar-refractivity contribution in [2.24, 2.45) is 0 Å². The summed E-state index contributed by atoms with van der Waals surface area (Å²) in [6, 6.07) is 0. The maximum atomic E-state index is 4.25. The Balaban J connectivity index is 1.72. The van der Waals surface area contributed by atoms with E-state index in [9.17, 15) is 0 Å². The molecule has 0 unspecified atom stereocenters. The van der Waals surface area contributed by atoms with Gasteiger partial charge in [0.1, 0.15) is 5.01 Å². The third kappa shape index (κ3) is 2.30. The molecule has 1 N–H and O–H groups in total. The van der Waals surface area contributed by atoms with Crippen LogP contribution in [0.5, 0.6) is 0 Å². The minimum atomic E-state index is 0.539. The molecular weight excluding hydrogens is 212 g/mol. The molecule has 1 aliphatic rings. The minimum absolute atomic E-state index is 0.539. The second kappa shape index (κ2) is 4.64. The van der Waals surface area contributed by atoms with E-state index in [0.29, 0.717) is 4.75 Å². The Bertz CT molecular complexity index is 262. The van der Waals surface area contributed by atoms with Gasteiger partial charge in [-0.05, 0) is 19.1 Å². The predicted molar refractivity (Wildman–Crippen MR) is 63.9 cm³/mol. The molecule has 2 nitrogen and oxygen atoms in total. The fraction of sp³-hybridized carbons (Fsp3) is 0.700. The largest absolute Gasteiger partial charge is 0.309 e. The van der Waals surface area contributed by atoms with Crippen LogP contribution in [0.25, 0.3) is 0 Å². The Morgan fingerprint density at radius 1 is 1.64 bits per heavy atom. The molecule has 78 valence electrons. The zero-order valence-corrected chi connectivity index (χ0v) is 10.1. The van der Waals surface area contributed by atoms with Crippen LogP contribution in [-0.2, 0) is 6.54 Å². The summed E-state index contributed by atoms with van der Waals surface area (Å²) in [6.45, 7) is 2.06. The first kappa shape index (κ1) is 10.5. The molecule has 2 rings (SSSR count). The van der Waals surface area contributed by atoms with E-state index in [2.05, 4.69) is 16.6 Å². The highest BCUT2D eigenvalue weighted by molar-refractivity contribution is 8.00. The lowest BCUT2D eigenvalue weighted by Crippen LogP contribution is -2.43. The Morgan fingerprint density at radius 2 is 2.50 bits per heavy atom. The maximum Gasteiger partial charge on any atom is 0.106 e. The lowest BCUT2D eigenvalue weighted by molar-refractivity contribution is 0.345. The summed E-state index contributed by atoms with van der Waals surface area (Å²) in [5, 5.41) is 6.74. The van der Waals surface area contributed by atoms with E-state index in [-0.39, 0.29) is 0 Å². The normalized spacial score (nSPS) is 19.2. The van der Waals surface area contributed by atoms with E-state index < -0.39 is 0 Å². The van der Waals surface area contributed by atoms with Crippen molar-refractivity contribution < 1.29 is 0 Å². The highest BCUT2D eigenvalue weighted by atomic mass is 32.2. The highest BCUT2D eigenvalue weighted by Crippen LogP contribution is 2.42. The molecule has 1 aliphatic carbocycles. The molecule has 1 aromatic rings. The second-order valence-electron chi connectivity index (χ2n) is 3.77. The van der Waals surface area contributed by atoms with Crippen molar-refractivity contribution >= 4 is 23.1 Å². The molecule has 0 amide bonds. The van der Waals surface area contributed by atoms with Gasteiger partial charge in [-0.25, -0.2) is 4.98 Å². The summed E-state index contributed by atoms with van der Waals surface area (Å²) in [7, 11) is 0. The van der Waals surface area contributed by atoms with Crippen molar-refractivity contribution in [1.29, 1.82) is 0 Å². The summed E-state index contributed by atoms with van der Waals surface area (Å²) < 4.78 is 0.539. The van der Waals surface area contributed by atoms with Gasteiger partial charge in [0.25, 0.3) is 0 Å². The molecule has 0 spiro atoms. The number of thiazole rings is 1. The van der Waals surface area contributed by atoms with E-state index in [1.54, 1.807) is 11.3 Å². The van der Waals surface area contributed by atoms with Gasteiger partial charge in [0.15, 0.2) is 0 Å². The molecule has 4 heteroatoms. The van der Waals surface area contributed by atoms with Crippen molar-refractivity contribution in [1.82, 2.24) is 10.3 Å². The van der Waals surface area contributed by atoms with Gasteiger partial charge in [-0.3, -0.25) is 0 Å². The third-order valence-electron chi connectivity index (χ3n) is 2.90. The Morgan fingerprint density at radius 3 is 3.00 bits per heavy atom. The topological polar surface area (TPSA) is 24.9 Å². The average Bonchev–Trinajstić information content (AvgIpc) is 2.62. The van der Waals surface area contributed by atoms with Crippen LogP contribution in [-0.4, -0.2) is 22.5 Å². The molecule has 0 aliphatic heterocycles. The quantitative estimate of drug-likeness (QED) is 0.838. The van der Waals surface area contributed by atoms with E-state index in [4.69, 9.17) is 0 Å². The maximum absolute atomic E-state index is 4.25. The molecule has 0 aromatic carbocycles. The molecular formula is C10H16N2S2. The number of hydrogen-bond acceptors (Lipinski definition) is 4. The van der Waals surface area contributed by atoms with Gasteiger partial charge in [0.2, 0.25) is 0 Å². The average molecular weight is 228 g/mol. The summed E-state index contributed by atoms with van der Waals surface area (Å²) in [6.07, 6.45) is 8.25. The molecule has 1 fully saturated rings. The number of nitrogens with one attached hydrogen (secondary N) is 1. The van der Waals surface area contributed by atoms with Crippen molar-refractivity contribution in [3.8, 4) is 0 Å². The van der Waals surface area contributed by atoms with Gasteiger partial charge in [-0.2, -0.15) is 11.8 Å². The van der Waals surface area contributed by atoms with Crippen LogP contribution in [0.3, 0.4) is 0 Å². The van der Waals surface area contributed by atoms with Crippen LogP contribution in [0.15, 0.2) is 11.6 Å². The molecule has 1 aromatic heterocycles. The van der Waals surface area contributed by atoms with Gasteiger partial charge in [0.05, 0.1) is 0 Å². The van der Waals surface area contributed by atoms with Gasteiger partial charge >= 0.3 is 0 Å². The first-order chi connectivity index (χ1) is 6.85. The van der Waals surface area contributed by atoms with Gasteiger partial charge in [-0.15, -0.1) is 11.3 Å². The number of aromatic nitrogens is 1. The smallest absolute Gasteiger partial charge is 0.106 e. The van der Waals surface area contributed by atoms with Crippen LogP contribution >= 0.6 is 23.1 Å². The standard InChI is InChI=1S/C10H16N2S2/c1-13-10(3-2-4-10)8-11-7-9-12-5-6-14-9/h5-6,11H,2-4,7-8H2,1H3. The van der Waals surface area contributed by atoms with Gasteiger partial charge in [0, 0.05) is 29.4 Å². The zero-order valence-electron chi connectivity index (χ0n) is 8.45. The fourth-order valence-electron chi connectivity index (χ4n) is 1.76. The van der Waals surface area contributed by atoms with Crippen LogP contribution in [0, 0.1) is 0 Å². The van der Waals surface area contributed by atoms with Crippen molar-refractivity contribution in [2.45, 2.75) is 30.6 Å². The van der Waals surface area contributed by atoms with Crippen molar-refractivity contribution in [2.75, 3.05) is 12.8 Å². The second-order valence-corrected chi connectivity index (χ2v) is 6.02. The summed E-state index contributed by atoms with van der Waals surface area (Å²) in [5.41, 5.74) is 0. The first-order valence-corrected chi connectivity index (χ1v) is 7.09. The van der Waals surface area contributed by atoms with E-state index in [0.717, 1.165) is 13.1 Å². The van der Waals surface area contributed by atoms with Crippen molar-refractivity contribution in [3.05, 3.63) is 16.6 Å². The zero-order chi connectivity index (χ0) is 9.86. The Hall–Kier alpha value is -0.0600. The lowest BCUT2D eigenvalue weighted by atomic mass is 9.84. The molecule has 1 heterocycles. The molecule has 0 radical (unpaired) electrons. The Labute approximate surface area is 93.5 Å². The first-order valence-electron chi connectivity index (χ1n) is 4.99. The molecule has 14 heavy (non-hydrogen) atoms. The third-order valence-corrected chi connectivity index (χ3v) is 5.10. The number of hydrogen-bond donors (Lipinski definition) is 1. The van der Waals surface area contributed by atoms with Crippen LogP contribution in [0.2, 0.25) is 0 Å². The molecule has 1 saturated carbocycles. The molecule has 0 saturated heterocycles.